The summed E-state index contributed by atoms with van der Waals surface area (Å²) in [6.07, 6.45) is 4.74. The Hall–Kier alpha value is -0.940. The van der Waals surface area contributed by atoms with Gasteiger partial charge in [-0.2, -0.15) is 0 Å². The van der Waals surface area contributed by atoms with E-state index in [1.54, 1.807) is 17.5 Å². The van der Waals surface area contributed by atoms with Crippen LogP contribution < -0.4 is 5.32 Å². The molecule has 1 aliphatic heterocycles. The SMILES string of the molecule is CN(CCc1nccs1)C(=O)C1CCCN1. The number of hydrogen-bond donors (Lipinski definition) is 1. The highest BCUT2D eigenvalue weighted by molar-refractivity contribution is 7.09. The largest absolute Gasteiger partial charge is 0.344 e. The average Bonchev–Trinajstić information content (AvgIpc) is 2.96. The summed E-state index contributed by atoms with van der Waals surface area (Å²) in [7, 11) is 1.87. The maximum absolute atomic E-state index is 12.0. The Kier molecular flexibility index (Phi) is 3.90. The van der Waals surface area contributed by atoms with E-state index in [-0.39, 0.29) is 11.9 Å². The van der Waals surface area contributed by atoms with Crippen molar-refractivity contribution in [2.24, 2.45) is 0 Å². The van der Waals surface area contributed by atoms with Crippen molar-refractivity contribution in [2.45, 2.75) is 25.3 Å². The normalized spacial score (nSPS) is 19.9. The second kappa shape index (κ2) is 5.41. The molecule has 4 nitrogen and oxygen atoms in total. The summed E-state index contributed by atoms with van der Waals surface area (Å²) < 4.78 is 0. The Labute approximate surface area is 99.7 Å². The van der Waals surface area contributed by atoms with E-state index in [1.807, 2.05) is 17.3 Å². The zero-order valence-electron chi connectivity index (χ0n) is 9.48. The quantitative estimate of drug-likeness (QED) is 0.849. The minimum absolute atomic E-state index is 0.0429. The molecule has 2 heterocycles. The predicted octanol–water partition coefficient (Wildman–Crippen LogP) is 0.896. The van der Waals surface area contributed by atoms with Crippen molar-refractivity contribution in [3.63, 3.8) is 0 Å². The Morgan fingerprint density at radius 3 is 3.25 bits per heavy atom. The van der Waals surface area contributed by atoms with Crippen LogP contribution in [0.3, 0.4) is 0 Å². The van der Waals surface area contributed by atoms with E-state index in [9.17, 15) is 4.79 Å². The number of carbonyl (C=O) groups excluding carboxylic acids is 1. The highest BCUT2D eigenvalue weighted by atomic mass is 32.1. The first-order valence-electron chi connectivity index (χ1n) is 5.64. The number of nitrogens with zero attached hydrogens (tertiary/aromatic N) is 2. The Balaban J connectivity index is 1.78. The summed E-state index contributed by atoms with van der Waals surface area (Å²) in [5.74, 6) is 0.217. The lowest BCUT2D eigenvalue weighted by Crippen LogP contribution is -2.42. The van der Waals surface area contributed by atoms with Gasteiger partial charge in [0.25, 0.3) is 0 Å². The summed E-state index contributed by atoms with van der Waals surface area (Å²) in [5, 5.41) is 6.29. The van der Waals surface area contributed by atoms with Crippen LogP contribution in [0.2, 0.25) is 0 Å². The number of carbonyl (C=O) groups is 1. The molecular weight excluding hydrogens is 222 g/mol. The number of rotatable bonds is 4. The van der Waals surface area contributed by atoms with Crippen LogP contribution in [0, 0.1) is 0 Å². The monoisotopic (exact) mass is 239 g/mol. The number of nitrogens with one attached hydrogen (secondary N) is 1. The number of thiazole rings is 1. The van der Waals surface area contributed by atoms with E-state index in [1.165, 1.54) is 0 Å². The zero-order valence-corrected chi connectivity index (χ0v) is 10.3. The van der Waals surface area contributed by atoms with Crippen molar-refractivity contribution in [3.05, 3.63) is 16.6 Å². The van der Waals surface area contributed by atoms with Crippen molar-refractivity contribution in [3.8, 4) is 0 Å². The smallest absolute Gasteiger partial charge is 0.239 e. The van der Waals surface area contributed by atoms with Gasteiger partial charge in [0, 0.05) is 31.6 Å². The van der Waals surface area contributed by atoms with Crippen molar-refractivity contribution in [2.75, 3.05) is 20.1 Å². The molecule has 0 aromatic carbocycles. The topological polar surface area (TPSA) is 45.2 Å². The van der Waals surface area contributed by atoms with E-state index in [4.69, 9.17) is 0 Å². The number of hydrogen-bond acceptors (Lipinski definition) is 4. The molecule has 1 aromatic rings. The summed E-state index contributed by atoms with van der Waals surface area (Å²) in [6, 6.07) is 0.0429. The van der Waals surface area contributed by atoms with Gasteiger partial charge in [0.15, 0.2) is 0 Å². The molecule has 1 aliphatic rings. The molecule has 0 aliphatic carbocycles. The molecule has 2 rings (SSSR count). The summed E-state index contributed by atoms with van der Waals surface area (Å²) in [6.45, 7) is 1.72. The molecule has 1 amide bonds. The van der Waals surface area contributed by atoms with Crippen LogP contribution in [0.5, 0.6) is 0 Å². The molecule has 0 spiro atoms. The fourth-order valence-corrected chi connectivity index (χ4v) is 2.52. The van der Waals surface area contributed by atoms with Crippen LogP contribution >= 0.6 is 11.3 Å². The van der Waals surface area contributed by atoms with Crippen LogP contribution in [-0.4, -0.2) is 42.0 Å². The van der Waals surface area contributed by atoms with Gasteiger partial charge in [0.1, 0.15) is 0 Å². The number of aromatic nitrogens is 1. The first-order valence-corrected chi connectivity index (χ1v) is 6.52. The predicted molar refractivity (Wildman–Crippen MR) is 64.5 cm³/mol. The molecule has 1 aromatic heterocycles. The van der Waals surface area contributed by atoms with Gasteiger partial charge in [-0.15, -0.1) is 11.3 Å². The Bertz CT molecular complexity index is 333. The third-order valence-electron chi connectivity index (χ3n) is 2.88. The van der Waals surface area contributed by atoms with Gasteiger partial charge in [-0.25, -0.2) is 4.98 Å². The van der Waals surface area contributed by atoms with E-state index in [0.29, 0.717) is 0 Å². The van der Waals surface area contributed by atoms with Crippen molar-refractivity contribution in [1.82, 2.24) is 15.2 Å². The van der Waals surface area contributed by atoms with Crippen molar-refractivity contribution < 1.29 is 4.79 Å². The van der Waals surface area contributed by atoms with Crippen LogP contribution in [0.25, 0.3) is 0 Å². The first-order chi connectivity index (χ1) is 7.77. The standard InChI is InChI=1S/C11H17N3OS/c1-14(7-4-10-13-6-8-16-10)11(15)9-3-2-5-12-9/h6,8-9,12H,2-5,7H2,1H3. The molecule has 1 saturated heterocycles. The maximum atomic E-state index is 12.0. The first kappa shape index (κ1) is 11.5. The minimum Gasteiger partial charge on any atom is -0.344 e. The zero-order chi connectivity index (χ0) is 11.4. The fraction of sp³-hybridized carbons (Fsp3) is 0.636. The lowest BCUT2D eigenvalue weighted by atomic mass is 10.2. The van der Waals surface area contributed by atoms with Gasteiger partial charge in [-0.3, -0.25) is 4.79 Å². The molecule has 1 fully saturated rings. The molecular formula is C11H17N3OS. The molecule has 5 heteroatoms. The molecule has 1 unspecified atom stereocenters. The fourth-order valence-electron chi connectivity index (χ4n) is 1.91. The third-order valence-corrected chi connectivity index (χ3v) is 3.72. The number of likely N-dealkylation sites (N-methyl/N-ethyl adjacent to an activating group) is 1. The summed E-state index contributed by atoms with van der Waals surface area (Å²) >= 11 is 1.64. The van der Waals surface area contributed by atoms with Crippen LogP contribution in [0.4, 0.5) is 0 Å². The van der Waals surface area contributed by atoms with E-state index in [0.717, 1.165) is 37.4 Å². The van der Waals surface area contributed by atoms with Gasteiger partial charge in [0.05, 0.1) is 11.0 Å². The molecule has 1 N–H and O–H groups in total. The van der Waals surface area contributed by atoms with Crippen LogP contribution in [0.15, 0.2) is 11.6 Å². The molecule has 88 valence electrons. The van der Waals surface area contributed by atoms with Gasteiger partial charge < -0.3 is 10.2 Å². The second-order valence-corrected chi connectivity index (χ2v) is 5.06. The van der Waals surface area contributed by atoms with Crippen molar-refractivity contribution >= 4 is 17.2 Å². The summed E-state index contributed by atoms with van der Waals surface area (Å²) in [4.78, 5) is 18.0. The Morgan fingerprint density at radius 1 is 1.75 bits per heavy atom. The highest BCUT2D eigenvalue weighted by Gasteiger charge is 2.24. The molecule has 0 bridgehead atoms. The second-order valence-electron chi connectivity index (χ2n) is 4.08. The van der Waals surface area contributed by atoms with Crippen LogP contribution in [-0.2, 0) is 11.2 Å². The lowest BCUT2D eigenvalue weighted by Gasteiger charge is -2.20. The highest BCUT2D eigenvalue weighted by Crippen LogP contribution is 2.09. The minimum atomic E-state index is 0.0429. The van der Waals surface area contributed by atoms with Gasteiger partial charge in [0.2, 0.25) is 5.91 Å². The third kappa shape index (κ3) is 2.80. The molecule has 1 atom stereocenters. The van der Waals surface area contributed by atoms with E-state index < -0.39 is 0 Å². The maximum Gasteiger partial charge on any atom is 0.239 e. The molecule has 0 radical (unpaired) electrons. The molecule has 0 saturated carbocycles. The van der Waals surface area contributed by atoms with Gasteiger partial charge in [-0.1, -0.05) is 0 Å². The van der Waals surface area contributed by atoms with Gasteiger partial charge >= 0.3 is 0 Å². The lowest BCUT2D eigenvalue weighted by molar-refractivity contribution is -0.131. The van der Waals surface area contributed by atoms with Gasteiger partial charge in [-0.05, 0) is 19.4 Å². The van der Waals surface area contributed by atoms with E-state index >= 15 is 0 Å². The van der Waals surface area contributed by atoms with Crippen LogP contribution in [0.1, 0.15) is 17.8 Å². The number of amides is 1. The van der Waals surface area contributed by atoms with E-state index in [2.05, 4.69) is 10.3 Å². The van der Waals surface area contributed by atoms with Crippen molar-refractivity contribution in [1.29, 1.82) is 0 Å². The molecule has 16 heavy (non-hydrogen) atoms. The Morgan fingerprint density at radius 2 is 2.62 bits per heavy atom. The average molecular weight is 239 g/mol. The summed E-state index contributed by atoms with van der Waals surface area (Å²) in [5.41, 5.74) is 0.